The number of rotatable bonds is 3. The third kappa shape index (κ3) is 4.15. The minimum absolute atomic E-state index is 0.0535. The molecule has 0 N–H and O–H groups in total. The van der Waals surface area contributed by atoms with Gasteiger partial charge in [0.1, 0.15) is 11.5 Å². The summed E-state index contributed by atoms with van der Waals surface area (Å²) in [6, 6.07) is 9.73. The van der Waals surface area contributed by atoms with Crippen LogP contribution in [0.15, 0.2) is 57.5 Å². The van der Waals surface area contributed by atoms with E-state index < -0.39 is 0 Å². The Hall–Kier alpha value is -2.59. The van der Waals surface area contributed by atoms with Crippen LogP contribution in [0.5, 0.6) is 0 Å². The molecule has 0 saturated carbocycles. The van der Waals surface area contributed by atoms with Gasteiger partial charge in [0.2, 0.25) is 0 Å². The molecular formula is C25H27ClN2O2. The second kappa shape index (κ2) is 7.92. The minimum atomic E-state index is -0.115. The number of benzene rings is 1. The Balaban J connectivity index is 1.50. The molecule has 1 saturated heterocycles. The Kier molecular flexibility index (Phi) is 5.46. The Morgan fingerprint density at radius 1 is 1.27 bits per heavy atom. The Labute approximate surface area is 182 Å². The molecule has 2 aromatic rings. The first-order valence-corrected chi connectivity index (χ1v) is 10.7. The summed E-state index contributed by atoms with van der Waals surface area (Å²) in [4.78, 5) is 19.7. The Morgan fingerprint density at radius 2 is 2.07 bits per heavy atom. The second-order valence-corrected chi connectivity index (χ2v) is 9.21. The van der Waals surface area contributed by atoms with Crippen LogP contribution >= 0.6 is 11.6 Å². The zero-order chi connectivity index (χ0) is 21.5. The summed E-state index contributed by atoms with van der Waals surface area (Å²) in [5.74, 6) is 1.52. The van der Waals surface area contributed by atoms with Gasteiger partial charge in [-0.05, 0) is 61.8 Å². The number of hydrogen-bond acceptors (Lipinski definition) is 3. The van der Waals surface area contributed by atoms with Crippen LogP contribution in [0.3, 0.4) is 0 Å². The number of amides is 1. The van der Waals surface area contributed by atoms with Gasteiger partial charge in [-0.3, -0.25) is 9.79 Å². The summed E-state index contributed by atoms with van der Waals surface area (Å²) < 4.78 is 5.55. The van der Waals surface area contributed by atoms with Crippen LogP contribution in [0, 0.1) is 19.3 Å². The van der Waals surface area contributed by atoms with E-state index in [1.807, 2.05) is 43.0 Å². The first-order chi connectivity index (χ1) is 14.2. The van der Waals surface area contributed by atoms with E-state index in [9.17, 15) is 4.79 Å². The summed E-state index contributed by atoms with van der Waals surface area (Å²) in [6.45, 7) is 10.2. The molecule has 4 rings (SSSR count). The summed E-state index contributed by atoms with van der Waals surface area (Å²) in [6.07, 6.45) is 5.18. The Morgan fingerprint density at radius 3 is 2.73 bits per heavy atom. The summed E-state index contributed by atoms with van der Waals surface area (Å²) in [7, 11) is 0. The maximum Gasteiger partial charge on any atom is 0.257 e. The number of likely N-dealkylation sites (tertiary alicyclic amines) is 1. The molecule has 0 spiro atoms. The molecular weight excluding hydrogens is 396 g/mol. The lowest BCUT2D eigenvalue weighted by Gasteiger charge is -2.40. The van der Waals surface area contributed by atoms with E-state index in [-0.39, 0.29) is 11.3 Å². The van der Waals surface area contributed by atoms with Gasteiger partial charge in [-0.1, -0.05) is 43.2 Å². The number of allylic oxidation sites excluding steroid dienone is 2. The number of hydrogen-bond donors (Lipinski definition) is 0. The van der Waals surface area contributed by atoms with Crippen LogP contribution in [0.1, 0.15) is 47.7 Å². The van der Waals surface area contributed by atoms with E-state index in [4.69, 9.17) is 21.0 Å². The van der Waals surface area contributed by atoms with Crippen molar-refractivity contribution in [1.29, 1.82) is 0 Å². The van der Waals surface area contributed by atoms with Crippen molar-refractivity contribution in [1.82, 2.24) is 4.90 Å². The molecule has 3 heterocycles. The van der Waals surface area contributed by atoms with Crippen LogP contribution < -0.4 is 0 Å². The fraction of sp³-hybridized carbons (Fsp3) is 0.360. The van der Waals surface area contributed by atoms with Crippen molar-refractivity contribution >= 4 is 28.8 Å². The van der Waals surface area contributed by atoms with Crippen molar-refractivity contribution < 1.29 is 9.21 Å². The van der Waals surface area contributed by atoms with Gasteiger partial charge in [-0.2, -0.15) is 0 Å². The molecule has 1 fully saturated rings. The lowest BCUT2D eigenvalue weighted by atomic mass is 9.78. The Bertz CT molecular complexity index is 1090. The van der Waals surface area contributed by atoms with Gasteiger partial charge in [-0.25, -0.2) is 0 Å². The average Bonchev–Trinajstić information content (AvgIpc) is 3.28. The highest BCUT2D eigenvalue weighted by Gasteiger charge is 2.34. The molecule has 0 radical (unpaired) electrons. The quantitative estimate of drug-likeness (QED) is 0.619. The van der Waals surface area contributed by atoms with E-state index in [2.05, 4.69) is 32.1 Å². The molecule has 0 aliphatic carbocycles. The zero-order valence-electron chi connectivity index (χ0n) is 18.0. The van der Waals surface area contributed by atoms with Crippen molar-refractivity contribution in [2.75, 3.05) is 19.6 Å². The standard InChI is InChI=1S/C25H27ClN2O2/c1-16-10-23(17(2)30-16)24(29)28-9-8-20(25(3,4)15-28)13-22-12-19(14-27-22)18-6-5-7-21(26)11-18/h5-7,10-13H,8-9,14-15H2,1-4H3/b20-13+. The van der Waals surface area contributed by atoms with Gasteiger partial charge >= 0.3 is 0 Å². The molecule has 0 atom stereocenters. The van der Waals surface area contributed by atoms with Gasteiger partial charge in [0.25, 0.3) is 5.91 Å². The smallest absolute Gasteiger partial charge is 0.257 e. The van der Waals surface area contributed by atoms with Gasteiger partial charge in [0, 0.05) is 23.5 Å². The predicted octanol–water partition coefficient (Wildman–Crippen LogP) is 5.89. The zero-order valence-corrected chi connectivity index (χ0v) is 18.7. The van der Waals surface area contributed by atoms with Crippen molar-refractivity contribution in [2.45, 2.75) is 34.1 Å². The number of carbonyl (C=O) groups excluding carboxylic acids is 1. The number of halogens is 1. The fourth-order valence-corrected chi connectivity index (χ4v) is 4.47. The average molecular weight is 423 g/mol. The molecule has 2 aliphatic heterocycles. The van der Waals surface area contributed by atoms with Crippen molar-refractivity contribution in [3.8, 4) is 0 Å². The fourth-order valence-electron chi connectivity index (χ4n) is 4.28. The number of nitrogens with zero attached hydrogens (tertiary/aromatic N) is 2. The van der Waals surface area contributed by atoms with Crippen LogP contribution in [0.2, 0.25) is 5.02 Å². The largest absolute Gasteiger partial charge is 0.466 e. The minimum Gasteiger partial charge on any atom is -0.466 e. The third-order valence-electron chi connectivity index (χ3n) is 5.94. The summed E-state index contributed by atoms with van der Waals surface area (Å²) in [5, 5.41) is 0.737. The van der Waals surface area contributed by atoms with E-state index in [1.54, 1.807) is 0 Å². The van der Waals surface area contributed by atoms with Crippen LogP contribution in [0.25, 0.3) is 5.57 Å². The van der Waals surface area contributed by atoms with Crippen LogP contribution in [-0.2, 0) is 0 Å². The first kappa shape index (κ1) is 20.7. The maximum atomic E-state index is 13.0. The van der Waals surface area contributed by atoms with Crippen molar-refractivity contribution in [2.24, 2.45) is 10.4 Å². The van der Waals surface area contributed by atoms with Gasteiger partial charge in [0.15, 0.2) is 0 Å². The van der Waals surface area contributed by atoms with Crippen molar-refractivity contribution in [3.05, 3.63) is 75.7 Å². The van der Waals surface area contributed by atoms with Gasteiger partial charge in [-0.15, -0.1) is 0 Å². The lowest BCUT2D eigenvalue weighted by Crippen LogP contribution is -2.45. The molecule has 5 heteroatoms. The van der Waals surface area contributed by atoms with E-state index in [0.717, 1.165) is 28.5 Å². The highest BCUT2D eigenvalue weighted by Crippen LogP contribution is 2.36. The number of furan rings is 1. The first-order valence-electron chi connectivity index (χ1n) is 10.3. The molecule has 1 amide bonds. The molecule has 2 aliphatic rings. The summed E-state index contributed by atoms with van der Waals surface area (Å²) >= 11 is 6.13. The summed E-state index contributed by atoms with van der Waals surface area (Å²) in [5.41, 5.74) is 5.18. The monoisotopic (exact) mass is 422 g/mol. The SMILES string of the molecule is Cc1cc(C(=O)N2CC/C(=C\C3=NCC(c4cccc(Cl)c4)=C3)C(C)(C)C2)c(C)o1. The maximum absolute atomic E-state index is 13.0. The molecule has 0 bridgehead atoms. The van der Waals surface area contributed by atoms with E-state index in [1.165, 1.54) is 11.1 Å². The second-order valence-electron chi connectivity index (χ2n) is 8.78. The molecule has 156 valence electrons. The topological polar surface area (TPSA) is 45.8 Å². The van der Waals surface area contributed by atoms with Gasteiger partial charge < -0.3 is 9.32 Å². The van der Waals surface area contributed by atoms with Gasteiger partial charge in [0.05, 0.1) is 17.8 Å². The highest BCUT2D eigenvalue weighted by molar-refractivity contribution is 6.30. The number of aliphatic imine (C=N–C) groups is 1. The normalized spacial score (nSPS) is 19.8. The predicted molar refractivity (Wildman–Crippen MR) is 122 cm³/mol. The van der Waals surface area contributed by atoms with Crippen LogP contribution in [-0.4, -0.2) is 36.2 Å². The lowest BCUT2D eigenvalue weighted by molar-refractivity contribution is 0.0661. The molecule has 0 unspecified atom stereocenters. The third-order valence-corrected chi connectivity index (χ3v) is 6.17. The van der Waals surface area contributed by atoms with Crippen LogP contribution in [0.4, 0.5) is 0 Å². The van der Waals surface area contributed by atoms with E-state index in [0.29, 0.717) is 31.0 Å². The molecule has 30 heavy (non-hydrogen) atoms. The highest BCUT2D eigenvalue weighted by atomic mass is 35.5. The number of aryl methyl sites for hydroxylation is 2. The number of carbonyl (C=O) groups is 1. The molecule has 1 aromatic carbocycles. The molecule has 4 nitrogen and oxygen atoms in total. The van der Waals surface area contributed by atoms with E-state index >= 15 is 0 Å². The molecule has 1 aromatic heterocycles. The number of piperidine rings is 1. The van der Waals surface area contributed by atoms with Crippen molar-refractivity contribution in [3.63, 3.8) is 0 Å².